The molecule has 1 aliphatic rings. The molecule has 1 unspecified atom stereocenters. The molecule has 164 valence electrons. The van der Waals surface area contributed by atoms with Crippen molar-refractivity contribution in [1.82, 2.24) is 15.5 Å². The zero-order valence-electron chi connectivity index (χ0n) is 18.1. The Labute approximate surface area is 189 Å². The lowest BCUT2D eigenvalue weighted by atomic mass is 9.91. The van der Waals surface area contributed by atoms with E-state index in [1.165, 1.54) is 0 Å². The lowest BCUT2D eigenvalue weighted by molar-refractivity contribution is -0.134. The van der Waals surface area contributed by atoms with Crippen LogP contribution in [-0.4, -0.2) is 42.4 Å². The number of carbonyl (C=O) groups is 2. The standard InChI is InChI=1S/C27H29N3O2/c31-26(18-25-27(32)28-16-17-30(25)20-21-10-4-1-5-11-21)29-19-24(22-12-6-2-7-13-22)23-14-8-3-9-15-23/h1-15,24-25H,16-20H2,(H,28,32)(H,29,31). The number of amides is 2. The Morgan fingerprint density at radius 2 is 1.47 bits per heavy atom. The van der Waals surface area contributed by atoms with Crippen LogP contribution < -0.4 is 10.6 Å². The highest BCUT2D eigenvalue weighted by atomic mass is 16.2. The van der Waals surface area contributed by atoms with Crippen LogP contribution in [0.1, 0.15) is 29.0 Å². The van der Waals surface area contributed by atoms with Crippen LogP contribution in [0.15, 0.2) is 91.0 Å². The molecular weight excluding hydrogens is 398 g/mol. The van der Waals surface area contributed by atoms with Crippen molar-refractivity contribution in [3.05, 3.63) is 108 Å². The van der Waals surface area contributed by atoms with Gasteiger partial charge < -0.3 is 10.6 Å². The van der Waals surface area contributed by atoms with Gasteiger partial charge in [-0.05, 0) is 16.7 Å². The molecule has 5 nitrogen and oxygen atoms in total. The quantitative estimate of drug-likeness (QED) is 0.580. The molecule has 2 amide bonds. The van der Waals surface area contributed by atoms with Gasteiger partial charge in [-0.3, -0.25) is 14.5 Å². The van der Waals surface area contributed by atoms with Gasteiger partial charge >= 0.3 is 0 Å². The minimum atomic E-state index is -0.462. The summed E-state index contributed by atoms with van der Waals surface area (Å²) in [4.78, 5) is 27.6. The van der Waals surface area contributed by atoms with Gasteiger partial charge in [0.05, 0.1) is 12.5 Å². The molecule has 0 aromatic heterocycles. The lowest BCUT2D eigenvalue weighted by Crippen LogP contribution is -2.56. The fraction of sp³-hybridized carbons (Fsp3) is 0.259. The summed E-state index contributed by atoms with van der Waals surface area (Å²) < 4.78 is 0. The van der Waals surface area contributed by atoms with Gasteiger partial charge in [0.2, 0.25) is 11.8 Å². The highest BCUT2D eigenvalue weighted by molar-refractivity contribution is 5.88. The van der Waals surface area contributed by atoms with Crippen molar-refractivity contribution in [2.75, 3.05) is 19.6 Å². The van der Waals surface area contributed by atoms with Gasteiger partial charge in [-0.1, -0.05) is 91.0 Å². The highest BCUT2D eigenvalue weighted by Gasteiger charge is 2.31. The molecule has 32 heavy (non-hydrogen) atoms. The van der Waals surface area contributed by atoms with Gasteiger partial charge in [-0.15, -0.1) is 0 Å². The Kier molecular flexibility index (Phi) is 7.31. The topological polar surface area (TPSA) is 61.4 Å². The van der Waals surface area contributed by atoms with Crippen LogP contribution in [0.4, 0.5) is 0 Å². The van der Waals surface area contributed by atoms with Gasteiger partial charge in [0.15, 0.2) is 0 Å². The van der Waals surface area contributed by atoms with Crippen LogP contribution in [0, 0.1) is 0 Å². The summed E-state index contributed by atoms with van der Waals surface area (Å²) in [6.45, 7) is 2.48. The van der Waals surface area contributed by atoms with Crippen LogP contribution in [0.5, 0.6) is 0 Å². The van der Waals surface area contributed by atoms with Gasteiger partial charge in [0.25, 0.3) is 0 Å². The average Bonchev–Trinajstić information content (AvgIpc) is 2.83. The van der Waals surface area contributed by atoms with E-state index in [2.05, 4.69) is 39.8 Å². The fourth-order valence-electron chi connectivity index (χ4n) is 4.25. The molecule has 2 N–H and O–H groups in total. The predicted octanol–water partition coefficient (Wildman–Crippen LogP) is 3.33. The molecule has 3 aromatic rings. The van der Waals surface area contributed by atoms with Crippen molar-refractivity contribution in [3.63, 3.8) is 0 Å². The molecule has 4 rings (SSSR count). The molecule has 0 aliphatic carbocycles. The summed E-state index contributed by atoms with van der Waals surface area (Å²) in [5.74, 6) is -0.131. The van der Waals surface area contributed by atoms with Crippen molar-refractivity contribution in [3.8, 4) is 0 Å². The van der Waals surface area contributed by atoms with Crippen LogP contribution >= 0.6 is 0 Å². The number of rotatable bonds is 8. The van der Waals surface area contributed by atoms with Crippen molar-refractivity contribution in [2.24, 2.45) is 0 Å². The highest BCUT2D eigenvalue weighted by Crippen LogP contribution is 2.24. The smallest absolute Gasteiger partial charge is 0.237 e. The zero-order chi connectivity index (χ0) is 22.2. The van der Waals surface area contributed by atoms with E-state index in [-0.39, 0.29) is 24.2 Å². The first-order chi connectivity index (χ1) is 15.7. The number of hydrogen-bond donors (Lipinski definition) is 2. The number of hydrogen-bond acceptors (Lipinski definition) is 3. The second kappa shape index (κ2) is 10.7. The van der Waals surface area contributed by atoms with E-state index in [0.29, 0.717) is 19.6 Å². The Bertz CT molecular complexity index is 969. The van der Waals surface area contributed by atoms with E-state index in [1.807, 2.05) is 66.7 Å². The minimum Gasteiger partial charge on any atom is -0.355 e. The molecule has 0 spiro atoms. The Hall–Kier alpha value is -3.44. The Balaban J connectivity index is 1.42. The maximum Gasteiger partial charge on any atom is 0.237 e. The number of benzene rings is 3. The molecule has 0 saturated carbocycles. The molecule has 0 bridgehead atoms. The van der Waals surface area contributed by atoms with E-state index in [4.69, 9.17) is 0 Å². The first-order valence-corrected chi connectivity index (χ1v) is 11.1. The average molecular weight is 428 g/mol. The van der Waals surface area contributed by atoms with Crippen LogP contribution in [0.25, 0.3) is 0 Å². The fourth-order valence-corrected chi connectivity index (χ4v) is 4.25. The lowest BCUT2D eigenvalue weighted by Gasteiger charge is -2.34. The molecule has 1 aliphatic heterocycles. The third-order valence-electron chi connectivity index (χ3n) is 5.96. The molecule has 1 heterocycles. The van der Waals surface area contributed by atoms with E-state index < -0.39 is 6.04 Å². The van der Waals surface area contributed by atoms with Crippen LogP contribution in [0.2, 0.25) is 0 Å². The third kappa shape index (κ3) is 5.62. The number of piperazine rings is 1. The number of carbonyl (C=O) groups excluding carboxylic acids is 2. The first-order valence-electron chi connectivity index (χ1n) is 11.1. The van der Waals surface area contributed by atoms with Crippen molar-refractivity contribution >= 4 is 11.8 Å². The predicted molar refractivity (Wildman–Crippen MR) is 126 cm³/mol. The Morgan fingerprint density at radius 1 is 0.906 bits per heavy atom. The summed E-state index contributed by atoms with van der Waals surface area (Å²) in [5, 5.41) is 6.00. The van der Waals surface area contributed by atoms with Gasteiger partial charge in [0.1, 0.15) is 0 Å². The first kappa shape index (κ1) is 21.8. The molecule has 1 atom stereocenters. The number of nitrogens with one attached hydrogen (secondary N) is 2. The van der Waals surface area contributed by atoms with E-state index >= 15 is 0 Å². The van der Waals surface area contributed by atoms with Gasteiger partial charge in [-0.2, -0.15) is 0 Å². The van der Waals surface area contributed by atoms with Crippen molar-refractivity contribution in [2.45, 2.75) is 24.9 Å². The van der Waals surface area contributed by atoms with E-state index in [1.54, 1.807) is 0 Å². The summed E-state index contributed by atoms with van der Waals surface area (Å²) in [5.41, 5.74) is 3.45. The maximum absolute atomic E-state index is 12.9. The Morgan fingerprint density at radius 3 is 2.06 bits per heavy atom. The summed E-state index contributed by atoms with van der Waals surface area (Å²) in [6, 6.07) is 30.0. The second-order valence-electron chi connectivity index (χ2n) is 8.15. The van der Waals surface area contributed by atoms with Crippen molar-refractivity contribution in [1.29, 1.82) is 0 Å². The molecule has 1 saturated heterocycles. The van der Waals surface area contributed by atoms with Crippen LogP contribution in [0.3, 0.4) is 0 Å². The molecular formula is C27H29N3O2. The van der Waals surface area contributed by atoms with Crippen molar-refractivity contribution < 1.29 is 9.59 Å². The molecule has 3 aromatic carbocycles. The molecule has 1 fully saturated rings. The summed E-state index contributed by atoms with van der Waals surface area (Å²) in [7, 11) is 0. The SMILES string of the molecule is O=C(CC1C(=O)NCCN1Cc1ccccc1)NCC(c1ccccc1)c1ccccc1. The molecule has 0 radical (unpaired) electrons. The minimum absolute atomic E-state index is 0.0574. The van der Waals surface area contributed by atoms with E-state index in [9.17, 15) is 9.59 Å². The van der Waals surface area contributed by atoms with Crippen LogP contribution in [-0.2, 0) is 16.1 Å². The largest absolute Gasteiger partial charge is 0.355 e. The monoisotopic (exact) mass is 427 g/mol. The zero-order valence-corrected chi connectivity index (χ0v) is 18.1. The maximum atomic E-state index is 12.9. The third-order valence-corrected chi connectivity index (χ3v) is 5.96. The summed E-state index contributed by atoms with van der Waals surface area (Å²) >= 11 is 0. The number of nitrogens with zero attached hydrogens (tertiary/aromatic N) is 1. The van der Waals surface area contributed by atoms with E-state index in [0.717, 1.165) is 23.2 Å². The molecule has 5 heteroatoms. The van der Waals surface area contributed by atoms with Gasteiger partial charge in [0, 0.05) is 32.1 Å². The normalized spacial score (nSPS) is 16.5. The summed E-state index contributed by atoms with van der Waals surface area (Å²) in [6.07, 6.45) is 0.148. The van der Waals surface area contributed by atoms with Gasteiger partial charge in [-0.25, -0.2) is 0 Å². The second-order valence-corrected chi connectivity index (χ2v) is 8.15.